The first-order valence-corrected chi connectivity index (χ1v) is 10.7. The summed E-state index contributed by atoms with van der Waals surface area (Å²) in [6.07, 6.45) is 16.8. The lowest BCUT2D eigenvalue weighted by Gasteiger charge is -2.27. The number of rotatable bonds is 8. The third-order valence-corrected chi connectivity index (χ3v) is 6.23. The largest absolute Gasteiger partial charge is 0.244 e. The molecule has 0 bridgehead atoms. The topological polar surface area (TPSA) is 25.8 Å². The van der Waals surface area contributed by atoms with Crippen LogP contribution in [0.25, 0.3) is 11.3 Å². The molecule has 0 radical (unpaired) electrons. The van der Waals surface area contributed by atoms with Gasteiger partial charge in [0, 0.05) is 11.8 Å². The van der Waals surface area contributed by atoms with Gasteiger partial charge in [0.05, 0.1) is 5.69 Å². The van der Waals surface area contributed by atoms with E-state index in [1.165, 1.54) is 68.1 Å². The summed E-state index contributed by atoms with van der Waals surface area (Å²) < 4.78 is 0. The van der Waals surface area contributed by atoms with Crippen molar-refractivity contribution in [2.45, 2.75) is 78.1 Å². The summed E-state index contributed by atoms with van der Waals surface area (Å²) in [6, 6.07) is 8.80. The minimum atomic E-state index is 0.890. The highest BCUT2D eigenvalue weighted by atomic mass is 14.8. The summed E-state index contributed by atoms with van der Waals surface area (Å²) in [4.78, 5) is 9.04. The van der Waals surface area contributed by atoms with Crippen molar-refractivity contribution in [1.82, 2.24) is 9.97 Å². The van der Waals surface area contributed by atoms with Crippen molar-refractivity contribution < 1.29 is 0 Å². The van der Waals surface area contributed by atoms with Gasteiger partial charge in [-0.2, -0.15) is 0 Å². The molecular formula is C24H34N2. The minimum absolute atomic E-state index is 0.890. The summed E-state index contributed by atoms with van der Waals surface area (Å²) in [5, 5.41) is 0. The van der Waals surface area contributed by atoms with Crippen LogP contribution in [0.15, 0.2) is 36.8 Å². The van der Waals surface area contributed by atoms with E-state index in [2.05, 4.69) is 49.3 Å². The number of aryl methyl sites for hydroxylation is 2. The number of hydrogen-bond acceptors (Lipinski definition) is 2. The third-order valence-electron chi connectivity index (χ3n) is 6.23. The van der Waals surface area contributed by atoms with E-state index >= 15 is 0 Å². The maximum absolute atomic E-state index is 4.70. The molecule has 0 spiro atoms. The molecule has 0 amide bonds. The van der Waals surface area contributed by atoms with Gasteiger partial charge in [0.25, 0.3) is 0 Å². The summed E-state index contributed by atoms with van der Waals surface area (Å²) in [5.74, 6) is 1.87. The summed E-state index contributed by atoms with van der Waals surface area (Å²) in [5.41, 5.74) is 5.23. The smallest absolute Gasteiger partial charge is 0.116 e. The minimum Gasteiger partial charge on any atom is -0.244 e. The molecular weight excluding hydrogens is 316 g/mol. The lowest BCUT2D eigenvalue weighted by atomic mass is 9.78. The third kappa shape index (κ3) is 4.93. The maximum Gasteiger partial charge on any atom is 0.116 e. The average molecular weight is 351 g/mol. The summed E-state index contributed by atoms with van der Waals surface area (Å²) in [6.45, 7) is 4.60. The van der Waals surface area contributed by atoms with Crippen LogP contribution in [0.1, 0.15) is 76.3 Å². The molecule has 2 heteroatoms. The van der Waals surface area contributed by atoms with Crippen LogP contribution in [0.4, 0.5) is 0 Å². The fourth-order valence-corrected chi connectivity index (χ4v) is 4.41. The van der Waals surface area contributed by atoms with E-state index < -0.39 is 0 Å². The molecule has 140 valence electrons. The van der Waals surface area contributed by atoms with E-state index in [1.54, 1.807) is 6.33 Å². The Morgan fingerprint density at radius 3 is 2.46 bits per heavy atom. The molecule has 2 aromatic rings. The van der Waals surface area contributed by atoms with Crippen LogP contribution in [0.5, 0.6) is 0 Å². The Hall–Kier alpha value is -1.70. The molecule has 1 aliphatic carbocycles. The zero-order chi connectivity index (χ0) is 18.2. The lowest BCUT2D eigenvalue weighted by molar-refractivity contribution is 0.259. The Morgan fingerprint density at radius 1 is 0.923 bits per heavy atom. The standard InChI is InChI=1S/C24H34N2/c1-3-5-8-21-9-6-7-10-23(21)24-22(17-25-18-26-24)16-15-20-13-11-19(4-2)12-14-20/h6-7,9-10,17-20H,3-5,8,11-16H2,1-2H3. The van der Waals surface area contributed by atoms with Crippen LogP contribution in [-0.2, 0) is 12.8 Å². The molecule has 1 heterocycles. The van der Waals surface area contributed by atoms with Crippen molar-refractivity contribution in [1.29, 1.82) is 0 Å². The Balaban J connectivity index is 1.71. The van der Waals surface area contributed by atoms with Crippen molar-refractivity contribution in [3.8, 4) is 11.3 Å². The quantitative estimate of drug-likeness (QED) is 0.533. The van der Waals surface area contributed by atoms with Crippen LogP contribution in [0.2, 0.25) is 0 Å². The zero-order valence-corrected chi connectivity index (χ0v) is 16.6. The van der Waals surface area contributed by atoms with Crippen molar-refractivity contribution in [2.75, 3.05) is 0 Å². The summed E-state index contributed by atoms with van der Waals surface area (Å²) >= 11 is 0. The van der Waals surface area contributed by atoms with Gasteiger partial charge in [-0.05, 0) is 48.6 Å². The summed E-state index contributed by atoms with van der Waals surface area (Å²) in [7, 11) is 0. The van der Waals surface area contributed by atoms with Gasteiger partial charge < -0.3 is 0 Å². The first kappa shape index (κ1) is 19.1. The van der Waals surface area contributed by atoms with Crippen LogP contribution >= 0.6 is 0 Å². The number of aromatic nitrogens is 2. The van der Waals surface area contributed by atoms with Gasteiger partial charge in [-0.3, -0.25) is 0 Å². The van der Waals surface area contributed by atoms with Crippen molar-refractivity contribution in [3.05, 3.63) is 47.9 Å². The molecule has 2 nitrogen and oxygen atoms in total. The Labute approximate surface area is 159 Å². The predicted octanol–water partition coefficient (Wildman–Crippen LogP) is 6.64. The molecule has 1 saturated carbocycles. The van der Waals surface area contributed by atoms with Crippen molar-refractivity contribution in [3.63, 3.8) is 0 Å². The van der Waals surface area contributed by atoms with Crippen LogP contribution < -0.4 is 0 Å². The Morgan fingerprint density at radius 2 is 1.69 bits per heavy atom. The van der Waals surface area contributed by atoms with E-state index in [1.807, 2.05) is 0 Å². The Kier molecular flexibility index (Phi) is 7.22. The highest BCUT2D eigenvalue weighted by Gasteiger charge is 2.20. The van der Waals surface area contributed by atoms with Crippen molar-refractivity contribution >= 4 is 0 Å². The highest BCUT2D eigenvalue weighted by molar-refractivity contribution is 5.66. The monoisotopic (exact) mass is 350 g/mol. The fraction of sp³-hybridized carbons (Fsp3) is 0.583. The van der Waals surface area contributed by atoms with E-state index in [0.717, 1.165) is 30.4 Å². The van der Waals surface area contributed by atoms with Gasteiger partial charge in [0.1, 0.15) is 6.33 Å². The highest BCUT2D eigenvalue weighted by Crippen LogP contribution is 2.34. The second-order valence-electron chi connectivity index (χ2n) is 7.99. The molecule has 1 fully saturated rings. The fourth-order valence-electron chi connectivity index (χ4n) is 4.41. The van der Waals surface area contributed by atoms with Gasteiger partial charge in [0.2, 0.25) is 0 Å². The lowest BCUT2D eigenvalue weighted by Crippen LogP contribution is -2.14. The number of nitrogens with zero attached hydrogens (tertiary/aromatic N) is 2. The predicted molar refractivity (Wildman–Crippen MR) is 110 cm³/mol. The molecule has 0 aliphatic heterocycles. The van der Waals surface area contributed by atoms with Gasteiger partial charge in [0.15, 0.2) is 0 Å². The van der Waals surface area contributed by atoms with E-state index in [0.29, 0.717) is 0 Å². The van der Waals surface area contributed by atoms with Gasteiger partial charge in [-0.1, -0.05) is 76.6 Å². The maximum atomic E-state index is 4.70. The second kappa shape index (κ2) is 9.85. The second-order valence-corrected chi connectivity index (χ2v) is 7.99. The van der Waals surface area contributed by atoms with E-state index in [4.69, 9.17) is 4.98 Å². The molecule has 3 rings (SSSR count). The molecule has 0 saturated heterocycles. The number of unbranched alkanes of at least 4 members (excludes halogenated alkanes) is 1. The first-order chi connectivity index (χ1) is 12.8. The van der Waals surface area contributed by atoms with Crippen LogP contribution in [0.3, 0.4) is 0 Å². The molecule has 26 heavy (non-hydrogen) atoms. The van der Waals surface area contributed by atoms with Crippen LogP contribution in [-0.4, -0.2) is 9.97 Å². The molecule has 1 aromatic heterocycles. The normalized spacial score (nSPS) is 20.2. The number of hydrogen-bond donors (Lipinski definition) is 0. The molecule has 0 atom stereocenters. The zero-order valence-electron chi connectivity index (χ0n) is 16.6. The van der Waals surface area contributed by atoms with Gasteiger partial charge >= 0.3 is 0 Å². The first-order valence-electron chi connectivity index (χ1n) is 10.7. The Bertz CT molecular complexity index is 671. The molecule has 0 N–H and O–H groups in total. The van der Waals surface area contributed by atoms with Crippen LogP contribution in [0, 0.1) is 11.8 Å². The van der Waals surface area contributed by atoms with Gasteiger partial charge in [-0.15, -0.1) is 0 Å². The van der Waals surface area contributed by atoms with E-state index in [-0.39, 0.29) is 0 Å². The van der Waals surface area contributed by atoms with Crippen molar-refractivity contribution in [2.24, 2.45) is 11.8 Å². The molecule has 1 aliphatic rings. The SMILES string of the molecule is CCCCc1ccccc1-c1ncncc1CCC1CCC(CC)CC1. The van der Waals surface area contributed by atoms with Gasteiger partial charge in [-0.25, -0.2) is 9.97 Å². The number of benzene rings is 1. The average Bonchev–Trinajstić information content (AvgIpc) is 2.71. The van der Waals surface area contributed by atoms with E-state index in [9.17, 15) is 0 Å². The molecule has 0 unspecified atom stereocenters. The molecule has 1 aromatic carbocycles.